The number of benzene rings is 1. The first-order valence-electron chi connectivity index (χ1n) is 6.11. The predicted molar refractivity (Wildman–Crippen MR) is 72.0 cm³/mol. The van der Waals surface area contributed by atoms with Gasteiger partial charge in [0.25, 0.3) is 5.91 Å². The minimum Gasteiger partial charge on any atom is -0.352 e. The highest BCUT2D eigenvalue weighted by Crippen LogP contribution is 2.17. The average Bonchev–Trinajstić information content (AvgIpc) is 2.40. The number of amides is 1. The third-order valence-corrected chi connectivity index (χ3v) is 3.74. The molecule has 98 valence electrons. The fourth-order valence-electron chi connectivity index (χ4n) is 2.07. The number of piperidine rings is 1. The van der Waals surface area contributed by atoms with E-state index < -0.39 is 0 Å². The van der Waals surface area contributed by atoms with E-state index in [2.05, 4.69) is 26.6 Å². The summed E-state index contributed by atoms with van der Waals surface area (Å²) >= 11 is 3.08. The fourth-order valence-corrected chi connectivity index (χ4v) is 2.45. The summed E-state index contributed by atoms with van der Waals surface area (Å²) < 4.78 is 13.4. The summed E-state index contributed by atoms with van der Waals surface area (Å²) in [6, 6.07) is 4.29. The molecule has 1 amide bonds. The molecule has 0 saturated carbocycles. The summed E-state index contributed by atoms with van der Waals surface area (Å²) in [5, 5.41) is 6.20. The number of carbonyl (C=O) groups is 1. The van der Waals surface area contributed by atoms with E-state index in [0.717, 1.165) is 25.9 Å². The molecule has 1 heterocycles. The first kappa shape index (κ1) is 13.5. The van der Waals surface area contributed by atoms with Gasteiger partial charge in [0.05, 0.1) is 4.47 Å². The van der Waals surface area contributed by atoms with Gasteiger partial charge in [0, 0.05) is 12.1 Å². The van der Waals surface area contributed by atoms with Crippen molar-refractivity contribution < 1.29 is 9.18 Å². The topological polar surface area (TPSA) is 41.1 Å². The molecule has 2 rings (SSSR count). The second-order valence-electron chi connectivity index (χ2n) is 4.55. The van der Waals surface area contributed by atoms with Crippen molar-refractivity contribution >= 4 is 21.8 Å². The van der Waals surface area contributed by atoms with Gasteiger partial charge in [-0.3, -0.25) is 4.79 Å². The van der Waals surface area contributed by atoms with E-state index in [0.29, 0.717) is 22.5 Å². The highest BCUT2D eigenvalue weighted by molar-refractivity contribution is 9.10. The molecule has 1 aromatic rings. The van der Waals surface area contributed by atoms with Crippen molar-refractivity contribution in [2.75, 3.05) is 19.6 Å². The van der Waals surface area contributed by atoms with Gasteiger partial charge in [0.15, 0.2) is 0 Å². The van der Waals surface area contributed by atoms with Crippen molar-refractivity contribution in [1.29, 1.82) is 0 Å². The SMILES string of the molecule is O=C(NC[C@H]1CCCNC1)c1ccc(F)c(Br)c1. The molecule has 0 aromatic heterocycles. The molecule has 0 radical (unpaired) electrons. The summed E-state index contributed by atoms with van der Waals surface area (Å²) in [4.78, 5) is 11.9. The Morgan fingerprint density at radius 2 is 2.39 bits per heavy atom. The summed E-state index contributed by atoms with van der Waals surface area (Å²) in [6.45, 7) is 2.68. The number of carbonyl (C=O) groups excluding carboxylic acids is 1. The number of hydrogen-bond donors (Lipinski definition) is 2. The Hall–Kier alpha value is -0.940. The zero-order valence-corrected chi connectivity index (χ0v) is 11.6. The van der Waals surface area contributed by atoms with Crippen LogP contribution in [0.1, 0.15) is 23.2 Å². The van der Waals surface area contributed by atoms with Gasteiger partial charge in [0.1, 0.15) is 5.82 Å². The van der Waals surface area contributed by atoms with Crippen LogP contribution in [0.4, 0.5) is 4.39 Å². The molecule has 1 aliphatic heterocycles. The van der Waals surface area contributed by atoms with Crippen LogP contribution in [-0.2, 0) is 0 Å². The van der Waals surface area contributed by atoms with E-state index in [-0.39, 0.29) is 11.7 Å². The lowest BCUT2D eigenvalue weighted by molar-refractivity contribution is 0.0944. The molecule has 0 aliphatic carbocycles. The molecule has 1 saturated heterocycles. The van der Waals surface area contributed by atoms with Crippen LogP contribution in [0.2, 0.25) is 0 Å². The van der Waals surface area contributed by atoms with Gasteiger partial charge in [-0.25, -0.2) is 4.39 Å². The summed E-state index contributed by atoms with van der Waals surface area (Å²) in [7, 11) is 0. The van der Waals surface area contributed by atoms with Gasteiger partial charge < -0.3 is 10.6 Å². The second-order valence-corrected chi connectivity index (χ2v) is 5.41. The lowest BCUT2D eigenvalue weighted by Gasteiger charge is -2.22. The molecule has 2 N–H and O–H groups in total. The number of rotatable bonds is 3. The van der Waals surface area contributed by atoms with E-state index >= 15 is 0 Å². The first-order valence-corrected chi connectivity index (χ1v) is 6.90. The normalized spacial score (nSPS) is 19.6. The molecular weight excluding hydrogens is 299 g/mol. The number of halogens is 2. The zero-order valence-electron chi connectivity index (χ0n) is 10.0. The van der Waals surface area contributed by atoms with Crippen molar-refractivity contribution in [3.8, 4) is 0 Å². The van der Waals surface area contributed by atoms with Crippen molar-refractivity contribution in [2.45, 2.75) is 12.8 Å². The highest BCUT2D eigenvalue weighted by Gasteiger charge is 2.15. The third kappa shape index (κ3) is 3.53. The van der Waals surface area contributed by atoms with Crippen LogP contribution < -0.4 is 10.6 Å². The van der Waals surface area contributed by atoms with Gasteiger partial charge in [-0.15, -0.1) is 0 Å². The number of nitrogens with one attached hydrogen (secondary N) is 2. The quantitative estimate of drug-likeness (QED) is 0.899. The van der Waals surface area contributed by atoms with E-state index in [9.17, 15) is 9.18 Å². The molecule has 3 nitrogen and oxygen atoms in total. The van der Waals surface area contributed by atoms with Crippen molar-refractivity contribution in [3.63, 3.8) is 0 Å². The Morgan fingerprint density at radius 1 is 1.56 bits per heavy atom. The Kier molecular flexibility index (Phi) is 4.72. The summed E-state index contributed by atoms with van der Waals surface area (Å²) in [5.41, 5.74) is 0.479. The van der Waals surface area contributed by atoms with Crippen molar-refractivity contribution in [3.05, 3.63) is 34.1 Å². The third-order valence-electron chi connectivity index (χ3n) is 3.13. The van der Waals surface area contributed by atoms with Gasteiger partial charge in [0.2, 0.25) is 0 Å². The Labute approximate surface area is 114 Å². The maximum Gasteiger partial charge on any atom is 0.251 e. The van der Waals surface area contributed by atoms with Crippen LogP contribution in [0.5, 0.6) is 0 Å². The first-order chi connectivity index (χ1) is 8.66. The lowest BCUT2D eigenvalue weighted by Crippen LogP contribution is -2.38. The molecule has 1 fully saturated rings. The molecule has 1 aliphatic rings. The fraction of sp³-hybridized carbons (Fsp3) is 0.462. The maximum absolute atomic E-state index is 13.1. The Balaban J connectivity index is 1.88. The predicted octanol–water partition coefficient (Wildman–Crippen LogP) is 2.32. The van der Waals surface area contributed by atoms with E-state index in [4.69, 9.17) is 0 Å². The number of hydrogen-bond acceptors (Lipinski definition) is 2. The van der Waals surface area contributed by atoms with E-state index in [1.54, 1.807) is 0 Å². The molecule has 0 spiro atoms. The second kappa shape index (κ2) is 6.29. The molecule has 1 aromatic carbocycles. The lowest BCUT2D eigenvalue weighted by atomic mass is 10.00. The minimum absolute atomic E-state index is 0.152. The Morgan fingerprint density at radius 3 is 3.06 bits per heavy atom. The smallest absolute Gasteiger partial charge is 0.251 e. The van der Waals surface area contributed by atoms with Gasteiger partial charge in [-0.1, -0.05) is 0 Å². The average molecular weight is 315 g/mol. The molecule has 5 heteroatoms. The molecule has 0 unspecified atom stereocenters. The standard InChI is InChI=1S/C13H16BrFN2O/c14-11-6-10(3-4-12(11)15)13(18)17-8-9-2-1-5-16-7-9/h3-4,6,9,16H,1-2,5,7-8H2,(H,17,18)/t9-/m0/s1. The highest BCUT2D eigenvalue weighted by atomic mass is 79.9. The minimum atomic E-state index is -0.358. The van der Waals surface area contributed by atoms with Crippen molar-refractivity contribution in [1.82, 2.24) is 10.6 Å². The summed E-state index contributed by atoms with van der Waals surface area (Å²) in [6.07, 6.45) is 2.29. The van der Waals surface area contributed by atoms with Crippen LogP contribution in [0, 0.1) is 11.7 Å². The van der Waals surface area contributed by atoms with Crippen LogP contribution in [0.3, 0.4) is 0 Å². The van der Waals surface area contributed by atoms with E-state index in [1.165, 1.54) is 18.2 Å². The van der Waals surface area contributed by atoms with E-state index in [1.807, 2.05) is 0 Å². The molecular formula is C13H16BrFN2O. The van der Waals surface area contributed by atoms with Crippen LogP contribution in [0.15, 0.2) is 22.7 Å². The van der Waals surface area contributed by atoms with Gasteiger partial charge in [-0.2, -0.15) is 0 Å². The van der Waals surface area contributed by atoms with Crippen molar-refractivity contribution in [2.24, 2.45) is 5.92 Å². The maximum atomic E-state index is 13.1. The van der Waals surface area contributed by atoms with Crippen LogP contribution >= 0.6 is 15.9 Å². The van der Waals surface area contributed by atoms with Gasteiger partial charge >= 0.3 is 0 Å². The molecule has 1 atom stereocenters. The molecule has 0 bridgehead atoms. The van der Waals surface area contributed by atoms with Crippen LogP contribution in [-0.4, -0.2) is 25.5 Å². The zero-order chi connectivity index (χ0) is 13.0. The monoisotopic (exact) mass is 314 g/mol. The summed E-state index contributed by atoms with van der Waals surface area (Å²) in [5.74, 6) is -0.0177. The van der Waals surface area contributed by atoms with Crippen LogP contribution in [0.25, 0.3) is 0 Å². The largest absolute Gasteiger partial charge is 0.352 e. The molecule has 18 heavy (non-hydrogen) atoms. The Bertz CT molecular complexity index is 433. The van der Waals surface area contributed by atoms with Gasteiger partial charge in [-0.05, 0) is 66.0 Å².